The van der Waals surface area contributed by atoms with E-state index in [2.05, 4.69) is 15.5 Å². The van der Waals surface area contributed by atoms with E-state index in [9.17, 15) is 4.79 Å². The van der Waals surface area contributed by atoms with Crippen LogP contribution < -0.4 is 5.32 Å². The molecule has 0 bridgehead atoms. The Bertz CT molecular complexity index is 683. The Morgan fingerprint density at radius 3 is 3.00 bits per heavy atom. The molecular weight excluding hydrogens is 294 g/mol. The summed E-state index contributed by atoms with van der Waals surface area (Å²) in [6, 6.07) is 7.25. The molecule has 23 heavy (non-hydrogen) atoms. The molecule has 0 aliphatic heterocycles. The molecule has 1 aliphatic rings. The highest BCUT2D eigenvalue weighted by atomic mass is 16.4. The summed E-state index contributed by atoms with van der Waals surface area (Å²) >= 11 is 0. The second-order valence-corrected chi connectivity index (χ2v) is 6.13. The van der Waals surface area contributed by atoms with Crippen molar-refractivity contribution in [2.45, 2.75) is 45.3 Å². The van der Waals surface area contributed by atoms with Crippen molar-refractivity contribution in [3.05, 3.63) is 47.2 Å². The highest BCUT2D eigenvalue weighted by molar-refractivity contribution is 5.94. The van der Waals surface area contributed by atoms with Gasteiger partial charge in [-0.15, -0.1) is 10.2 Å². The van der Waals surface area contributed by atoms with E-state index in [4.69, 9.17) is 9.52 Å². The first-order chi connectivity index (χ1) is 11.1. The fraction of sp³-hybridized carbons (Fsp3) is 0.471. The van der Waals surface area contributed by atoms with Crippen molar-refractivity contribution in [3.8, 4) is 0 Å². The summed E-state index contributed by atoms with van der Waals surface area (Å²) in [5.74, 6) is 1.64. The van der Waals surface area contributed by atoms with Crippen LogP contribution in [-0.2, 0) is 13.0 Å². The minimum Gasteiger partial charge on any atom is -0.426 e. The number of aliphatic hydroxyl groups excluding tert-OH is 1. The molecule has 0 saturated heterocycles. The van der Waals surface area contributed by atoms with Crippen LogP contribution in [0, 0.1) is 12.8 Å². The molecule has 0 spiro atoms. The van der Waals surface area contributed by atoms with E-state index < -0.39 is 0 Å². The molecule has 2 N–H and O–H groups in total. The number of aryl methyl sites for hydroxylation is 1. The van der Waals surface area contributed by atoms with E-state index in [0.29, 0.717) is 23.3 Å². The van der Waals surface area contributed by atoms with Gasteiger partial charge in [-0.05, 0) is 42.9 Å². The zero-order valence-electron chi connectivity index (χ0n) is 13.2. The SMILES string of the molecule is Cc1nnc(C[C@@H]2CC[C@H](NC(=O)c3cccc(CO)c3)C2)o1. The van der Waals surface area contributed by atoms with E-state index in [1.165, 1.54) is 0 Å². The maximum atomic E-state index is 12.3. The second kappa shape index (κ2) is 6.91. The van der Waals surface area contributed by atoms with Crippen LogP contribution in [0.2, 0.25) is 0 Å². The number of aromatic nitrogens is 2. The van der Waals surface area contributed by atoms with E-state index in [0.717, 1.165) is 31.2 Å². The van der Waals surface area contributed by atoms with Crippen LogP contribution in [0.1, 0.15) is 47.0 Å². The van der Waals surface area contributed by atoms with Crippen LogP contribution in [0.25, 0.3) is 0 Å². The number of amides is 1. The summed E-state index contributed by atoms with van der Waals surface area (Å²) in [6.45, 7) is 1.73. The lowest BCUT2D eigenvalue weighted by atomic mass is 10.0. The van der Waals surface area contributed by atoms with Crippen molar-refractivity contribution < 1.29 is 14.3 Å². The third kappa shape index (κ3) is 3.96. The minimum absolute atomic E-state index is 0.0593. The Morgan fingerprint density at radius 1 is 1.39 bits per heavy atom. The molecule has 1 saturated carbocycles. The smallest absolute Gasteiger partial charge is 0.251 e. The zero-order chi connectivity index (χ0) is 16.2. The third-order valence-electron chi connectivity index (χ3n) is 4.28. The number of hydrogen-bond donors (Lipinski definition) is 2. The maximum absolute atomic E-state index is 12.3. The fourth-order valence-corrected chi connectivity index (χ4v) is 3.14. The van der Waals surface area contributed by atoms with Gasteiger partial charge in [-0.2, -0.15) is 0 Å². The quantitative estimate of drug-likeness (QED) is 0.881. The monoisotopic (exact) mass is 315 g/mol. The Labute approximate surface area is 134 Å². The van der Waals surface area contributed by atoms with Crippen LogP contribution in [0.4, 0.5) is 0 Å². The topological polar surface area (TPSA) is 88.2 Å². The average molecular weight is 315 g/mol. The first kappa shape index (κ1) is 15.7. The first-order valence-electron chi connectivity index (χ1n) is 7.93. The fourth-order valence-electron chi connectivity index (χ4n) is 3.14. The van der Waals surface area contributed by atoms with Gasteiger partial charge in [-0.25, -0.2) is 0 Å². The number of nitrogens with zero attached hydrogens (tertiary/aromatic N) is 2. The van der Waals surface area contributed by atoms with Gasteiger partial charge in [0, 0.05) is 24.9 Å². The van der Waals surface area contributed by atoms with Crippen LogP contribution in [0.15, 0.2) is 28.7 Å². The zero-order valence-corrected chi connectivity index (χ0v) is 13.2. The molecule has 1 fully saturated rings. The van der Waals surface area contributed by atoms with Gasteiger partial charge in [0.25, 0.3) is 5.91 Å². The maximum Gasteiger partial charge on any atom is 0.251 e. The molecule has 1 aliphatic carbocycles. The Hall–Kier alpha value is -2.21. The second-order valence-electron chi connectivity index (χ2n) is 6.13. The largest absolute Gasteiger partial charge is 0.426 e. The molecule has 0 unspecified atom stereocenters. The van der Waals surface area contributed by atoms with Gasteiger partial charge in [0.15, 0.2) is 0 Å². The number of benzene rings is 1. The molecule has 6 heteroatoms. The number of rotatable bonds is 5. The predicted octanol–water partition coefficient (Wildman–Crippen LogP) is 2.01. The molecule has 6 nitrogen and oxygen atoms in total. The molecule has 0 radical (unpaired) electrons. The summed E-state index contributed by atoms with van der Waals surface area (Å²) in [5, 5.41) is 20.1. The number of aliphatic hydroxyl groups is 1. The minimum atomic E-state index is -0.0837. The van der Waals surface area contributed by atoms with Gasteiger partial charge in [0.05, 0.1) is 6.61 Å². The number of carbonyl (C=O) groups is 1. The predicted molar refractivity (Wildman–Crippen MR) is 83.7 cm³/mol. The highest BCUT2D eigenvalue weighted by Gasteiger charge is 2.27. The summed E-state index contributed by atoms with van der Waals surface area (Å²) in [5.41, 5.74) is 1.33. The van der Waals surface area contributed by atoms with Crippen LogP contribution in [-0.4, -0.2) is 27.3 Å². The Morgan fingerprint density at radius 2 is 2.26 bits per heavy atom. The molecule has 2 atom stereocenters. The summed E-state index contributed by atoms with van der Waals surface area (Å²) in [4.78, 5) is 12.3. The van der Waals surface area contributed by atoms with Crippen LogP contribution >= 0.6 is 0 Å². The Balaban J connectivity index is 1.53. The molecular formula is C17H21N3O3. The number of hydrogen-bond acceptors (Lipinski definition) is 5. The summed E-state index contributed by atoms with van der Waals surface area (Å²) in [6.07, 6.45) is 3.70. The van der Waals surface area contributed by atoms with Crippen molar-refractivity contribution in [3.63, 3.8) is 0 Å². The molecule has 1 heterocycles. The normalized spacial score (nSPS) is 20.6. The molecule has 2 aromatic rings. The van der Waals surface area contributed by atoms with E-state index in [-0.39, 0.29) is 18.6 Å². The van der Waals surface area contributed by atoms with Gasteiger partial charge >= 0.3 is 0 Å². The molecule has 122 valence electrons. The van der Waals surface area contributed by atoms with Gasteiger partial charge in [-0.1, -0.05) is 12.1 Å². The van der Waals surface area contributed by atoms with E-state index in [1.807, 2.05) is 0 Å². The van der Waals surface area contributed by atoms with Gasteiger partial charge in [0.2, 0.25) is 11.8 Å². The molecule has 1 amide bonds. The third-order valence-corrected chi connectivity index (χ3v) is 4.28. The van der Waals surface area contributed by atoms with Gasteiger partial charge in [-0.3, -0.25) is 4.79 Å². The standard InChI is InChI=1S/C17H21N3O3/c1-11-19-20-16(23-11)9-12-5-6-15(8-12)18-17(22)14-4-2-3-13(7-14)10-21/h2-4,7,12,15,21H,5-6,8-10H2,1H3,(H,18,22)/t12-,15+/m1/s1. The van der Waals surface area contributed by atoms with Gasteiger partial charge < -0.3 is 14.8 Å². The van der Waals surface area contributed by atoms with Crippen molar-refractivity contribution in [2.75, 3.05) is 0 Å². The van der Waals surface area contributed by atoms with Crippen molar-refractivity contribution >= 4 is 5.91 Å². The van der Waals surface area contributed by atoms with Crippen molar-refractivity contribution in [1.82, 2.24) is 15.5 Å². The van der Waals surface area contributed by atoms with E-state index >= 15 is 0 Å². The summed E-state index contributed by atoms with van der Waals surface area (Å²) < 4.78 is 5.42. The average Bonchev–Trinajstić information content (AvgIpc) is 3.16. The number of nitrogens with one attached hydrogen (secondary N) is 1. The first-order valence-corrected chi connectivity index (χ1v) is 7.93. The van der Waals surface area contributed by atoms with Crippen LogP contribution in [0.5, 0.6) is 0 Å². The lowest BCUT2D eigenvalue weighted by Crippen LogP contribution is -2.33. The molecule has 3 rings (SSSR count). The molecule has 1 aromatic heterocycles. The lowest BCUT2D eigenvalue weighted by Gasteiger charge is -2.13. The number of carbonyl (C=O) groups excluding carboxylic acids is 1. The summed E-state index contributed by atoms with van der Waals surface area (Å²) in [7, 11) is 0. The van der Waals surface area contributed by atoms with Gasteiger partial charge in [0.1, 0.15) is 0 Å². The molecule has 1 aromatic carbocycles. The highest BCUT2D eigenvalue weighted by Crippen LogP contribution is 2.28. The van der Waals surface area contributed by atoms with Crippen molar-refractivity contribution in [1.29, 1.82) is 0 Å². The van der Waals surface area contributed by atoms with Crippen LogP contribution in [0.3, 0.4) is 0 Å². The van der Waals surface area contributed by atoms with Crippen molar-refractivity contribution in [2.24, 2.45) is 5.92 Å². The van der Waals surface area contributed by atoms with E-state index in [1.54, 1.807) is 31.2 Å². The lowest BCUT2D eigenvalue weighted by molar-refractivity contribution is 0.0937. The Kier molecular flexibility index (Phi) is 4.71.